The van der Waals surface area contributed by atoms with Crippen LogP contribution in [0.2, 0.25) is 5.02 Å². The number of hydrogen-bond donors (Lipinski definition) is 1. The number of amidine groups is 1. The fraction of sp³-hybridized carbons (Fsp3) is 0.154. The van der Waals surface area contributed by atoms with Crippen molar-refractivity contribution in [1.29, 1.82) is 0 Å². The lowest BCUT2D eigenvalue weighted by atomic mass is 10.3. The van der Waals surface area contributed by atoms with Gasteiger partial charge in [-0.25, -0.2) is 4.98 Å². The number of nitrogens with zero attached hydrogens (tertiary/aromatic N) is 3. The Balaban J connectivity index is 1.63. The van der Waals surface area contributed by atoms with E-state index in [9.17, 15) is 0 Å². The van der Waals surface area contributed by atoms with Crippen molar-refractivity contribution in [2.45, 2.75) is 6.54 Å². The van der Waals surface area contributed by atoms with Crippen LogP contribution in [-0.2, 0) is 6.54 Å². The number of anilines is 1. The van der Waals surface area contributed by atoms with Gasteiger partial charge in [-0.1, -0.05) is 11.6 Å². The molecule has 0 bridgehead atoms. The minimum absolute atomic E-state index is 0.359. The van der Waals surface area contributed by atoms with Crippen molar-refractivity contribution < 1.29 is 4.74 Å². The molecule has 0 unspecified atom stereocenters. The first-order valence-corrected chi connectivity index (χ1v) is 6.17. The van der Waals surface area contributed by atoms with Crippen LogP contribution in [0.1, 0.15) is 5.69 Å². The molecule has 0 spiro atoms. The second kappa shape index (κ2) is 5.24. The second-order valence-electron chi connectivity index (χ2n) is 3.98. The average molecular weight is 275 g/mol. The molecule has 0 fully saturated rings. The van der Waals surface area contributed by atoms with E-state index in [-0.39, 0.29) is 0 Å². The van der Waals surface area contributed by atoms with Crippen molar-refractivity contribution >= 4 is 23.3 Å². The zero-order valence-electron chi connectivity index (χ0n) is 10.0. The molecule has 19 heavy (non-hydrogen) atoms. The summed E-state index contributed by atoms with van der Waals surface area (Å²) in [6.45, 7) is 0.882. The van der Waals surface area contributed by atoms with Crippen LogP contribution in [0, 0.1) is 0 Å². The van der Waals surface area contributed by atoms with Crippen LogP contribution >= 0.6 is 11.6 Å². The lowest BCUT2D eigenvalue weighted by Crippen LogP contribution is -2.25. The molecule has 1 N–H and O–H groups in total. The molecule has 3 rings (SSSR count). The highest BCUT2D eigenvalue weighted by Crippen LogP contribution is 2.17. The van der Waals surface area contributed by atoms with Crippen molar-refractivity contribution in [3.05, 3.63) is 47.4 Å². The lowest BCUT2D eigenvalue weighted by Gasteiger charge is -2.16. The summed E-state index contributed by atoms with van der Waals surface area (Å²) < 4.78 is 5.62. The summed E-state index contributed by atoms with van der Waals surface area (Å²) in [5.41, 5.74) is 0.845. The van der Waals surface area contributed by atoms with E-state index in [1.54, 1.807) is 24.5 Å². The van der Waals surface area contributed by atoms with Crippen LogP contribution in [0.5, 0.6) is 5.75 Å². The van der Waals surface area contributed by atoms with E-state index >= 15 is 0 Å². The Morgan fingerprint density at radius 2 is 1.95 bits per heavy atom. The fourth-order valence-corrected chi connectivity index (χ4v) is 1.82. The number of aromatic nitrogens is 2. The topological polar surface area (TPSA) is 59.4 Å². The SMILES string of the molecule is Clc1ccc(OCC2=NCc3nccnc3N2)cc1. The lowest BCUT2D eigenvalue weighted by molar-refractivity contribution is 0.375. The summed E-state index contributed by atoms with van der Waals surface area (Å²) in [5.74, 6) is 2.23. The first-order chi connectivity index (χ1) is 9.31. The van der Waals surface area contributed by atoms with Gasteiger partial charge in [0.25, 0.3) is 0 Å². The normalized spacial score (nSPS) is 13.2. The summed E-state index contributed by atoms with van der Waals surface area (Å²) in [4.78, 5) is 12.8. The van der Waals surface area contributed by atoms with Crippen molar-refractivity contribution in [2.75, 3.05) is 11.9 Å². The van der Waals surface area contributed by atoms with Gasteiger partial charge >= 0.3 is 0 Å². The number of rotatable bonds is 3. The molecular weight excluding hydrogens is 264 g/mol. The predicted octanol–water partition coefficient (Wildman–Crippen LogP) is 2.53. The van der Waals surface area contributed by atoms with E-state index < -0.39 is 0 Å². The molecule has 2 heterocycles. The molecule has 1 aromatic carbocycles. The van der Waals surface area contributed by atoms with E-state index in [0.29, 0.717) is 18.2 Å². The zero-order chi connectivity index (χ0) is 13.1. The van der Waals surface area contributed by atoms with E-state index in [2.05, 4.69) is 20.3 Å². The second-order valence-corrected chi connectivity index (χ2v) is 4.42. The summed E-state index contributed by atoms with van der Waals surface area (Å²) >= 11 is 5.81. The molecular formula is C13H11ClN4O. The highest BCUT2D eigenvalue weighted by Gasteiger charge is 2.13. The Bertz CT molecular complexity index is 612. The summed E-state index contributed by atoms with van der Waals surface area (Å²) in [5, 5.41) is 3.79. The Labute approximate surface area is 115 Å². The van der Waals surface area contributed by atoms with Crippen LogP contribution in [0.15, 0.2) is 41.7 Å². The maximum atomic E-state index is 5.81. The van der Waals surface area contributed by atoms with Gasteiger partial charge in [0.1, 0.15) is 23.9 Å². The number of fused-ring (bicyclic) bond motifs is 1. The molecule has 0 radical (unpaired) electrons. The van der Waals surface area contributed by atoms with Gasteiger partial charge in [0.05, 0.1) is 6.54 Å². The Hall–Kier alpha value is -2.14. The predicted molar refractivity (Wildman–Crippen MR) is 73.7 cm³/mol. The minimum Gasteiger partial charge on any atom is -0.486 e. The average Bonchev–Trinajstić information content (AvgIpc) is 2.46. The Morgan fingerprint density at radius 1 is 1.16 bits per heavy atom. The molecule has 1 aliphatic heterocycles. The van der Waals surface area contributed by atoms with E-state index in [1.807, 2.05) is 12.1 Å². The molecule has 96 valence electrons. The quantitative estimate of drug-likeness (QED) is 0.934. The van der Waals surface area contributed by atoms with Gasteiger partial charge < -0.3 is 10.1 Å². The van der Waals surface area contributed by atoms with E-state index in [1.165, 1.54) is 0 Å². The number of benzene rings is 1. The molecule has 1 aliphatic rings. The van der Waals surface area contributed by atoms with Crippen LogP contribution in [0.25, 0.3) is 0 Å². The largest absolute Gasteiger partial charge is 0.486 e. The van der Waals surface area contributed by atoms with Crippen LogP contribution in [-0.4, -0.2) is 22.4 Å². The monoisotopic (exact) mass is 274 g/mol. The Kier molecular flexibility index (Phi) is 3.29. The number of ether oxygens (including phenoxy) is 1. The van der Waals surface area contributed by atoms with Crippen molar-refractivity contribution in [1.82, 2.24) is 9.97 Å². The molecule has 0 atom stereocenters. The van der Waals surface area contributed by atoms with Gasteiger partial charge in [-0.15, -0.1) is 0 Å². The number of hydrogen-bond acceptors (Lipinski definition) is 5. The molecule has 0 saturated carbocycles. The van der Waals surface area contributed by atoms with Crippen molar-refractivity contribution in [2.24, 2.45) is 4.99 Å². The van der Waals surface area contributed by atoms with Crippen LogP contribution < -0.4 is 10.1 Å². The third-order valence-electron chi connectivity index (χ3n) is 2.65. The maximum Gasteiger partial charge on any atom is 0.155 e. The highest BCUT2D eigenvalue weighted by atomic mass is 35.5. The first kappa shape index (κ1) is 11.9. The molecule has 1 aromatic heterocycles. The number of aliphatic imine (C=N–C) groups is 1. The smallest absolute Gasteiger partial charge is 0.155 e. The summed E-state index contributed by atoms with van der Waals surface area (Å²) in [6, 6.07) is 7.21. The molecule has 0 amide bonds. The number of halogens is 1. The summed E-state index contributed by atoms with van der Waals surface area (Å²) in [6.07, 6.45) is 3.31. The van der Waals surface area contributed by atoms with Gasteiger partial charge in [0.15, 0.2) is 5.82 Å². The zero-order valence-corrected chi connectivity index (χ0v) is 10.8. The minimum atomic E-state index is 0.359. The summed E-state index contributed by atoms with van der Waals surface area (Å²) in [7, 11) is 0. The molecule has 2 aromatic rings. The maximum absolute atomic E-state index is 5.81. The molecule has 0 saturated heterocycles. The molecule has 6 heteroatoms. The highest BCUT2D eigenvalue weighted by molar-refractivity contribution is 6.30. The van der Waals surface area contributed by atoms with Gasteiger partial charge in [0.2, 0.25) is 0 Å². The van der Waals surface area contributed by atoms with Gasteiger partial charge in [0, 0.05) is 17.4 Å². The van der Waals surface area contributed by atoms with E-state index in [0.717, 1.165) is 23.1 Å². The van der Waals surface area contributed by atoms with Gasteiger partial charge in [-0.2, -0.15) is 0 Å². The van der Waals surface area contributed by atoms with Crippen molar-refractivity contribution in [3.63, 3.8) is 0 Å². The fourth-order valence-electron chi connectivity index (χ4n) is 1.70. The van der Waals surface area contributed by atoms with Crippen LogP contribution in [0.4, 0.5) is 5.82 Å². The third-order valence-corrected chi connectivity index (χ3v) is 2.90. The van der Waals surface area contributed by atoms with E-state index in [4.69, 9.17) is 16.3 Å². The number of nitrogens with one attached hydrogen (secondary N) is 1. The van der Waals surface area contributed by atoms with Gasteiger partial charge in [-0.05, 0) is 24.3 Å². The van der Waals surface area contributed by atoms with Gasteiger partial charge in [-0.3, -0.25) is 9.98 Å². The van der Waals surface area contributed by atoms with Crippen molar-refractivity contribution in [3.8, 4) is 5.75 Å². The molecule has 0 aliphatic carbocycles. The first-order valence-electron chi connectivity index (χ1n) is 5.80. The third kappa shape index (κ3) is 2.82. The molecule has 5 nitrogen and oxygen atoms in total. The van der Waals surface area contributed by atoms with Crippen LogP contribution in [0.3, 0.4) is 0 Å². The standard InChI is InChI=1S/C13H11ClN4O/c14-9-1-3-10(4-2-9)19-8-12-17-7-11-13(18-12)16-6-5-15-11/h1-6H,7-8H2,(H,16,17,18). The Morgan fingerprint density at radius 3 is 2.79 bits per heavy atom.